The van der Waals surface area contributed by atoms with Crippen molar-refractivity contribution in [3.63, 3.8) is 0 Å². The van der Waals surface area contributed by atoms with Crippen molar-refractivity contribution in [3.8, 4) is 5.75 Å². The number of benzene rings is 1. The Morgan fingerprint density at radius 1 is 1.14 bits per heavy atom. The predicted octanol–water partition coefficient (Wildman–Crippen LogP) is 2.55. The van der Waals surface area contributed by atoms with Gasteiger partial charge in [-0.3, -0.25) is 4.79 Å². The van der Waals surface area contributed by atoms with Crippen molar-refractivity contribution < 1.29 is 19.1 Å². The molecule has 0 atom stereocenters. The Morgan fingerprint density at radius 2 is 1.86 bits per heavy atom. The number of methoxy groups -OCH3 is 1. The maximum atomic E-state index is 11.6. The Hall–Kier alpha value is -2.24. The molecule has 0 aliphatic heterocycles. The summed E-state index contributed by atoms with van der Waals surface area (Å²) in [4.78, 5) is 22.5. The predicted molar refractivity (Wildman–Crippen MR) is 80.5 cm³/mol. The number of unbranched alkanes of at least 4 members (excludes halogenated alkanes) is 1. The van der Waals surface area contributed by atoms with Crippen LogP contribution in [0.1, 0.15) is 26.2 Å². The first-order chi connectivity index (χ1) is 10.2. The fraction of sp³-hybridized carbons (Fsp3) is 0.467. The van der Waals surface area contributed by atoms with Gasteiger partial charge in [0.25, 0.3) is 0 Å². The lowest BCUT2D eigenvalue weighted by Crippen LogP contribution is -2.29. The fourth-order valence-corrected chi connectivity index (χ4v) is 1.67. The minimum absolute atomic E-state index is 0.228. The average Bonchev–Trinajstić information content (AvgIpc) is 2.49. The van der Waals surface area contributed by atoms with Gasteiger partial charge in [0, 0.05) is 18.7 Å². The largest absolute Gasteiger partial charge is 0.494 e. The summed E-state index contributed by atoms with van der Waals surface area (Å²) in [6.45, 7) is 3.04. The zero-order chi connectivity index (χ0) is 15.5. The van der Waals surface area contributed by atoms with E-state index in [1.54, 1.807) is 24.3 Å². The van der Waals surface area contributed by atoms with Gasteiger partial charge >= 0.3 is 12.0 Å². The van der Waals surface area contributed by atoms with Gasteiger partial charge in [-0.15, -0.1) is 0 Å². The molecule has 0 radical (unpaired) electrons. The molecule has 21 heavy (non-hydrogen) atoms. The number of hydrogen-bond acceptors (Lipinski definition) is 4. The van der Waals surface area contributed by atoms with Gasteiger partial charge < -0.3 is 20.1 Å². The first-order valence-electron chi connectivity index (χ1n) is 7.00. The van der Waals surface area contributed by atoms with Crippen LogP contribution in [0.25, 0.3) is 0 Å². The van der Waals surface area contributed by atoms with Gasteiger partial charge in [0.15, 0.2) is 0 Å². The smallest absolute Gasteiger partial charge is 0.319 e. The number of amides is 2. The van der Waals surface area contributed by atoms with E-state index >= 15 is 0 Å². The van der Waals surface area contributed by atoms with E-state index in [2.05, 4.69) is 15.4 Å². The van der Waals surface area contributed by atoms with Crippen molar-refractivity contribution in [3.05, 3.63) is 24.3 Å². The molecule has 0 saturated heterocycles. The van der Waals surface area contributed by atoms with Gasteiger partial charge in [0.05, 0.1) is 13.7 Å². The molecule has 0 aliphatic rings. The fourth-order valence-electron chi connectivity index (χ4n) is 1.67. The lowest BCUT2D eigenvalue weighted by atomic mass is 10.2. The average molecular weight is 294 g/mol. The molecule has 0 unspecified atom stereocenters. The summed E-state index contributed by atoms with van der Waals surface area (Å²) in [7, 11) is 1.37. The van der Waals surface area contributed by atoms with E-state index in [4.69, 9.17) is 4.74 Å². The summed E-state index contributed by atoms with van der Waals surface area (Å²) < 4.78 is 9.86. The van der Waals surface area contributed by atoms with Gasteiger partial charge in [-0.05, 0) is 44.0 Å². The van der Waals surface area contributed by atoms with E-state index in [1.807, 2.05) is 6.92 Å². The van der Waals surface area contributed by atoms with Gasteiger partial charge in [0.1, 0.15) is 5.75 Å². The van der Waals surface area contributed by atoms with Crippen LogP contribution in [-0.4, -0.2) is 32.3 Å². The molecule has 2 amide bonds. The molecule has 6 heteroatoms. The highest BCUT2D eigenvalue weighted by Gasteiger charge is 2.03. The summed E-state index contributed by atoms with van der Waals surface area (Å²) in [5, 5.41) is 5.45. The van der Waals surface area contributed by atoms with Gasteiger partial charge in [0.2, 0.25) is 0 Å². The second-order valence-electron chi connectivity index (χ2n) is 4.37. The molecular formula is C15H22N2O4. The number of rotatable bonds is 8. The topological polar surface area (TPSA) is 76.7 Å². The maximum Gasteiger partial charge on any atom is 0.319 e. The highest BCUT2D eigenvalue weighted by molar-refractivity contribution is 5.89. The number of urea groups is 1. The van der Waals surface area contributed by atoms with Gasteiger partial charge in [-0.1, -0.05) is 0 Å². The van der Waals surface area contributed by atoms with Crippen LogP contribution in [0.5, 0.6) is 5.75 Å². The molecule has 0 aromatic heterocycles. The Bertz CT molecular complexity index is 445. The van der Waals surface area contributed by atoms with E-state index < -0.39 is 0 Å². The van der Waals surface area contributed by atoms with Crippen molar-refractivity contribution in [1.29, 1.82) is 0 Å². The highest BCUT2D eigenvalue weighted by atomic mass is 16.5. The zero-order valence-electron chi connectivity index (χ0n) is 12.5. The van der Waals surface area contributed by atoms with Crippen LogP contribution in [0.3, 0.4) is 0 Å². The third kappa shape index (κ3) is 7.20. The summed E-state index contributed by atoms with van der Waals surface area (Å²) in [5.41, 5.74) is 0.700. The van der Waals surface area contributed by atoms with E-state index in [0.29, 0.717) is 31.7 Å². The molecule has 0 fully saturated rings. The number of ether oxygens (including phenoxy) is 2. The molecule has 0 heterocycles. The van der Waals surface area contributed by atoms with Gasteiger partial charge in [-0.25, -0.2) is 4.79 Å². The molecule has 0 spiro atoms. The molecular weight excluding hydrogens is 272 g/mol. The van der Waals surface area contributed by atoms with Crippen molar-refractivity contribution in [2.24, 2.45) is 0 Å². The minimum atomic E-state index is -0.266. The summed E-state index contributed by atoms with van der Waals surface area (Å²) in [5.74, 6) is 0.542. The first-order valence-corrected chi connectivity index (χ1v) is 7.00. The molecule has 0 saturated carbocycles. The maximum absolute atomic E-state index is 11.6. The zero-order valence-corrected chi connectivity index (χ0v) is 12.5. The lowest BCUT2D eigenvalue weighted by Gasteiger charge is -2.08. The highest BCUT2D eigenvalue weighted by Crippen LogP contribution is 2.15. The number of nitrogens with one attached hydrogen (secondary N) is 2. The van der Waals surface area contributed by atoms with Crippen molar-refractivity contribution >= 4 is 17.7 Å². The van der Waals surface area contributed by atoms with Gasteiger partial charge in [-0.2, -0.15) is 0 Å². The van der Waals surface area contributed by atoms with Crippen LogP contribution in [0, 0.1) is 0 Å². The molecule has 2 N–H and O–H groups in total. The number of carbonyl (C=O) groups excluding carboxylic acids is 2. The van der Waals surface area contributed by atoms with E-state index in [0.717, 1.165) is 12.2 Å². The monoisotopic (exact) mass is 294 g/mol. The summed E-state index contributed by atoms with van der Waals surface area (Å²) in [6.07, 6.45) is 1.79. The third-order valence-corrected chi connectivity index (χ3v) is 2.74. The molecule has 0 bridgehead atoms. The van der Waals surface area contributed by atoms with Crippen molar-refractivity contribution in [1.82, 2.24) is 5.32 Å². The van der Waals surface area contributed by atoms with Crippen LogP contribution in [0.15, 0.2) is 24.3 Å². The van der Waals surface area contributed by atoms with Crippen molar-refractivity contribution in [2.45, 2.75) is 26.2 Å². The first kappa shape index (κ1) is 16.8. The Labute approximate surface area is 124 Å². The Balaban J connectivity index is 2.19. The molecule has 1 aromatic carbocycles. The van der Waals surface area contributed by atoms with Crippen LogP contribution < -0.4 is 15.4 Å². The Morgan fingerprint density at radius 3 is 2.48 bits per heavy atom. The normalized spacial score (nSPS) is 9.81. The number of carbonyl (C=O) groups is 2. The number of hydrogen-bond donors (Lipinski definition) is 2. The second kappa shape index (κ2) is 9.63. The molecule has 116 valence electrons. The number of esters is 1. The molecule has 6 nitrogen and oxygen atoms in total. The standard InChI is InChI=1S/C15H22N2O4/c1-3-21-13-9-7-12(8-10-13)17-15(19)16-11-5-4-6-14(18)20-2/h7-10H,3-6,11H2,1-2H3,(H2,16,17,19). The summed E-state index contributed by atoms with van der Waals surface area (Å²) >= 11 is 0. The Kier molecular flexibility index (Phi) is 7.71. The summed E-state index contributed by atoms with van der Waals surface area (Å²) in [6, 6.07) is 6.89. The molecule has 1 rings (SSSR count). The van der Waals surface area contributed by atoms with Crippen LogP contribution in [-0.2, 0) is 9.53 Å². The molecule has 1 aromatic rings. The quantitative estimate of drug-likeness (QED) is 0.570. The van der Waals surface area contributed by atoms with E-state index in [1.165, 1.54) is 7.11 Å². The van der Waals surface area contributed by atoms with Crippen LogP contribution in [0.2, 0.25) is 0 Å². The van der Waals surface area contributed by atoms with E-state index in [-0.39, 0.29) is 12.0 Å². The molecule has 0 aliphatic carbocycles. The second-order valence-corrected chi connectivity index (χ2v) is 4.37. The van der Waals surface area contributed by atoms with Crippen molar-refractivity contribution in [2.75, 3.05) is 25.6 Å². The number of anilines is 1. The van der Waals surface area contributed by atoms with E-state index in [9.17, 15) is 9.59 Å². The lowest BCUT2D eigenvalue weighted by molar-refractivity contribution is -0.140. The van der Waals surface area contributed by atoms with Crippen LogP contribution >= 0.6 is 0 Å². The third-order valence-electron chi connectivity index (χ3n) is 2.74. The minimum Gasteiger partial charge on any atom is -0.494 e. The SMILES string of the molecule is CCOc1ccc(NC(=O)NCCCCC(=O)OC)cc1. The van der Waals surface area contributed by atoms with Crippen LogP contribution in [0.4, 0.5) is 10.5 Å².